The number of hydrogen-bond donors (Lipinski definition) is 0. The average molecular weight is 236 g/mol. The van der Waals surface area contributed by atoms with Crippen LogP contribution in [0.4, 0.5) is 4.39 Å². The Morgan fingerprint density at radius 3 is 3.00 bits per heavy atom. The van der Waals surface area contributed by atoms with Gasteiger partial charge in [-0.1, -0.05) is 6.07 Å². The second kappa shape index (κ2) is 5.30. The SMILES string of the molecule is Cc1ccc(F)c(OCCC2CCCC2=O)c1. The lowest BCUT2D eigenvalue weighted by Gasteiger charge is -2.10. The van der Waals surface area contributed by atoms with Gasteiger partial charge in [-0.25, -0.2) is 4.39 Å². The molecule has 0 bridgehead atoms. The monoisotopic (exact) mass is 236 g/mol. The van der Waals surface area contributed by atoms with Crippen LogP contribution in [-0.4, -0.2) is 12.4 Å². The van der Waals surface area contributed by atoms with Crippen LogP contribution in [0.25, 0.3) is 0 Å². The van der Waals surface area contributed by atoms with E-state index in [1.54, 1.807) is 12.1 Å². The highest BCUT2D eigenvalue weighted by molar-refractivity contribution is 5.82. The number of aryl methyl sites for hydroxylation is 1. The highest BCUT2D eigenvalue weighted by Crippen LogP contribution is 2.25. The van der Waals surface area contributed by atoms with E-state index in [-0.39, 0.29) is 17.5 Å². The Hall–Kier alpha value is -1.38. The van der Waals surface area contributed by atoms with E-state index in [4.69, 9.17) is 4.74 Å². The minimum Gasteiger partial charge on any atom is -0.490 e. The summed E-state index contributed by atoms with van der Waals surface area (Å²) in [5, 5.41) is 0. The predicted octanol–water partition coefficient (Wildman–Crippen LogP) is 3.27. The van der Waals surface area contributed by atoms with Gasteiger partial charge in [0.1, 0.15) is 5.78 Å². The van der Waals surface area contributed by atoms with Gasteiger partial charge in [0.15, 0.2) is 11.6 Å². The number of halogens is 1. The van der Waals surface area contributed by atoms with E-state index in [0.717, 1.165) is 18.4 Å². The van der Waals surface area contributed by atoms with Gasteiger partial charge in [-0.3, -0.25) is 4.79 Å². The maximum Gasteiger partial charge on any atom is 0.165 e. The molecule has 1 fully saturated rings. The van der Waals surface area contributed by atoms with Crippen molar-refractivity contribution in [3.05, 3.63) is 29.6 Å². The minimum atomic E-state index is -0.339. The molecule has 0 N–H and O–H groups in total. The molecule has 1 aliphatic rings. The molecule has 0 heterocycles. The Labute approximate surface area is 101 Å². The van der Waals surface area contributed by atoms with Gasteiger partial charge in [-0.05, 0) is 43.9 Å². The van der Waals surface area contributed by atoms with Gasteiger partial charge in [0.2, 0.25) is 0 Å². The van der Waals surface area contributed by atoms with Crippen LogP contribution in [-0.2, 0) is 4.79 Å². The molecule has 3 heteroatoms. The second-order valence-electron chi connectivity index (χ2n) is 4.63. The lowest BCUT2D eigenvalue weighted by atomic mass is 10.0. The van der Waals surface area contributed by atoms with Gasteiger partial charge in [0.25, 0.3) is 0 Å². The number of rotatable bonds is 4. The molecule has 1 aromatic carbocycles. The molecule has 0 spiro atoms. The van der Waals surface area contributed by atoms with E-state index in [1.165, 1.54) is 6.07 Å². The average Bonchev–Trinajstić information content (AvgIpc) is 2.70. The summed E-state index contributed by atoms with van der Waals surface area (Å²) in [4.78, 5) is 11.4. The van der Waals surface area contributed by atoms with E-state index >= 15 is 0 Å². The summed E-state index contributed by atoms with van der Waals surface area (Å²) in [5.41, 5.74) is 0.971. The molecule has 92 valence electrons. The van der Waals surface area contributed by atoms with Crippen molar-refractivity contribution in [3.8, 4) is 5.75 Å². The molecule has 0 radical (unpaired) electrons. The van der Waals surface area contributed by atoms with E-state index in [1.807, 2.05) is 6.92 Å². The molecule has 1 atom stereocenters. The van der Waals surface area contributed by atoms with E-state index in [9.17, 15) is 9.18 Å². The fourth-order valence-electron chi connectivity index (χ4n) is 2.23. The molecule has 1 unspecified atom stereocenters. The summed E-state index contributed by atoms with van der Waals surface area (Å²) in [6.07, 6.45) is 3.34. The van der Waals surface area contributed by atoms with Crippen LogP contribution in [0.1, 0.15) is 31.2 Å². The van der Waals surface area contributed by atoms with Crippen LogP contribution in [0.2, 0.25) is 0 Å². The van der Waals surface area contributed by atoms with Crippen molar-refractivity contribution >= 4 is 5.78 Å². The highest BCUT2D eigenvalue weighted by atomic mass is 19.1. The Morgan fingerprint density at radius 1 is 1.47 bits per heavy atom. The molecule has 0 saturated heterocycles. The predicted molar refractivity (Wildman–Crippen MR) is 63.6 cm³/mol. The number of benzene rings is 1. The van der Waals surface area contributed by atoms with Crippen molar-refractivity contribution in [2.45, 2.75) is 32.6 Å². The molecule has 17 heavy (non-hydrogen) atoms. The number of carbonyl (C=O) groups excluding carboxylic acids is 1. The first kappa shape index (κ1) is 12.1. The maximum atomic E-state index is 13.4. The molecule has 2 nitrogen and oxygen atoms in total. The second-order valence-corrected chi connectivity index (χ2v) is 4.63. The zero-order chi connectivity index (χ0) is 12.3. The summed E-state index contributed by atoms with van der Waals surface area (Å²) in [5.74, 6) is 0.407. The molecule has 1 aromatic rings. The summed E-state index contributed by atoms with van der Waals surface area (Å²) < 4.78 is 18.8. The zero-order valence-electron chi connectivity index (χ0n) is 10.0. The maximum absolute atomic E-state index is 13.4. The number of carbonyl (C=O) groups is 1. The summed E-state index contributed by atoms with van der Waals surface area (Å²) in [7, 11) is 0. The van der Waals surface area contributed by atoms with Crippen molar-refractivity contribution in [3.63, 3.8) is 0 Å². The van der Waals surface area contributed by atoms with Crippen molar-refractivity contribution in [2.75, 3.05) is 6.61 Å². The first-order valence-electron chi connectivity index (χ1n) is 6.08. The van der Waals surface area contributed by atoms with E-state index in [2.05, 4.69) is 0 Å². The normalized spacial score (nSPS) is 19.6. The van der Waals surface area contributed by atoms with Gasteiger partial charge in [-0.2, -0.15) is 0 Å². The fourth-order valence-corrected chi connectivity index (χ4v) is 2.23. The third-order valence-corrected chi connectivity index (χ3v) is 3.24. The molecule has 1 saturated carbocycles. The zero-order valence-corrected chi connectivity index (χ0v) is 10.0. The fraction of sp³-hybridized carbons (Fsp3) is 0.500. The standard InChI is InChI=1S/C14H17FO2/c1-10-5-6-12(15)14(9-10)17-8-7-11-3-2-4-13(11)16/h5-6,9,11H,2-4,7-8H2,1H3. The number of ether oxygens (including phenoxy) is 1. The van der Waals surface area contributed by atoms with Crippen LogP contribution >= 0.6 is 0 Å². The van der Waals surface area contributed by atoms with Gasteiger partial charge >= 0.3 is 0 Å². The summed E-state index contributed by atoms with van der Waals surface area (Å²) >= 11 is 0. The minimum absolute atomic E-state index is 0.128. The van der Waals surface area contributed by atoms with Gasteiger partial charge < -0.3 is 4.74 Å². The Bertz CT molecular complexity index is 415. The van der Waals surface area contributed by atoms with Crippen molar-refractivity contribution in [1.29, 1.82) is 0 Å². The van der Waals surface area contributed by atoms with Gasteiger partial charge in [0.05, 0.1) is 6.61 Å². The molecule has 2 rings (SSSR count). The van der Waals surface area contributed by atoms with Crippen LogP contribution in [0.15, 0.2) is 18.2 Å². The van der Waals surface area contributed by atoms with Crippen LogP contribution in [0.5, 0.6) is 5.75 Å². The Balaban J connectivity index is 1.85. The lowest BCUT2D eigenvalue weighted by molar-refractivity contribution is -0.121. The first-order valence-corrected chi connectivity index (χ1v) is 6.08. The first-order chi connectivity index (χ1) is 8.16. The van der Waals surface area contributed by atoms with Gasteiger partial charge in [0, 0.05) is 12.3 Å². The molecule has 0 aliphatic heterocycles. The van der Waals surface area contributed by atoms with Crippen molar-refractivity contribution in [1.82, 2.24) is 0 Å². The summed E-state index contributed by atoms with van der Waals surface area (Å²) in [6.45, 7) is 2.31. The largest absolute Gasteiger partial charge is 0.490 e. The topological polar surface area (TPSA) is 26.3 Å². The van der Waals surface area contributed by atoms with Gasteiger partial charge in [-0.15, -0.1) is 0 Å². The Kier molecular flexibility index (Phi) is 3.77. The third kappa shape index (κ3) is 3.05. The third-order valence-electron chi connectivity index (χ3n) is 3.24. The van der Waals surface area contributed by atoms with Crippen LogP contribution in [0, 0.1) is 18.7 Å². The van der Waals surface area contributed by atoms with Crippen molar-refractivity contribution in [2.24, 2.45) is 5.92 Å². The molecular formula is C14H17FO2. The summed E-state index contributed by atoms with van der Waals surface area (Å²) in [6, 6.07) is 4.81. The Morgan fingerprint density at radius 2 is 2.29 bits per heavy atom. The quantitative estimate of drug-likeness (QED) is 0.802. The van der Waals surface area contributed by atoms with Crippen LogP contribution < -0.4 is 4.74 Å². The molecular weight excluding hydrogens is 219 g/mol. The van der Waals surface area contributed by atoms with E-state index in [0.29, 0.717) is 25.2 Å². The smallest absolute Gasteiger partial charge is 0.165 e. The molecule has 0 aromatic heterocycles. The number of hydrogen-bond acceptors (Lipinski definition) is 2. The highest BCUT2D eigenvalue weighted by Gasteiger charge is 2.23. The lowest BCUT2D eigenvalue weighted by Crippen LogP contribution is -2.11. The number of ketones is 1. The number of Topliss-reactive ketones (excluding diaryl/α,β-unsaturated/α-hetero) is 1. The van der Waals surface area contributed by atoms with E-state index < -0.39 is 0 Å². The molecule has 1 aliphatic carbocycles. The molecule has 0 amide bonds. The van der Waals surface area contributed by atoms with Crippen LogP contribution in [0.3, 0.4) is 0 Å². The van der Waals surface area contributed by atoms with Crippen molar-refractivity contribution < 1.29 is 13.9 Å².